The number of carbonyl (C=O) groups is 1. The molecule has 0 unspecified atom stereocenters. The summed E-state index contributed by atoms with van der Waals surface area (Å²) in [6.45, 7) is 9.00. The number of hydrogen-bond acceptors (Lipinski definition) is 2. The van der Waals surface area contributed by atoms with Crippen LogP contribution in [-0.4, -0.2) is 47.4 Å². The number of likely N-dealkylation sites (tertiary alicyclic amines) is 1. The fourth-order valence-corrected chi connectivity index (χ4v) is 2.69. The highest BCUT2D eigenvalue weighted by Gasteiger charge is 2.43. The van der Waals surface area contributed by atoms with Crippen LogP contribution in [0.1, 0.15) is 40.5 Å². The standard InChI is InChI=1S/C12H24N2O/c1-11(2)7-10(13(5)9-15)8-12(3,4)14(11)6/h9-10H,7-8H2,1-6H3. The van der Waals surface area contributed by atoms with Crippen LogP contribution in [0.4, 0.5) is 0 Å². The number of rotatable bonds is 2. The molecular formula is C12H24N2O. The van der Waals surface area contributed by atoms with Crippen LogP contribution in [0.2, 0.25) is 0 Å². The molecule has 1 saturated heterocycles. The van der Waals surface area contributed by atoms with E-state index in [1.807, 2.05) is 11.9 Å². The normalized spacial score (nSPS) is 26.3. The van der Waals surface area contributed by atoms with E-state index in [2.05, 4.69) is 39.6 Å². The minimum absolute atomic E-state index is 0.156. The minimum Gasteiger partial charge on any atom is -0.345 e. The van der Waals surface area contributed by atoms with Crippen LogP contribution in [0, 0.1) is 0 Å². The Kier molecular flexibility index (Phi) is 3.15. The highest BCUT2D eigenvalue weighted by atomic mass is 16.1. The van der Waals surface area contributed by atoms with E-state index in [1.165, 1.54) is 0 Å². The van der Waals surface area contributed by atoms with Gasteiger partial charge < -0.3 is 4.90 Å². The Labute approximate surface area is 93.4 Å². The molecule has 15 heavy (non-hydrogen) atoms. The molecule has 0 N–H and O–H groups in total. The summed E-state index contributed by atoms with van der Waals surface area (Å²) in [5.74, 6) is 0. The molecule has 0 atom stereocenters. The van der Waals surface area contributed by atoms with Gasteiger partial charge in [-0.1, -0.05) is 0 Å². The van der Waals surface area contributed by atoms with E-state index in [4.69, 9.17) is 0 Å². The predicted octanol–water partition coefficient (Wildman–Crippen LogP) is 1.73. The summed E-state index contributed by atoms with van der Waals surface area (Å²) in [4.78, 5) is 15.1. The van der Waals surface area contributed by atoms with Crippen LogP contribution in [0.5, 0.6) is 0 Å². The molecule has 0 bridgehead atoms. The molecule has 0 aromatic heterocycles. The Bertz CT molecular complexity index is 230. The fraction of sp³-hybridized carbons (Fsp3) is 0.917. The summed E-state index contributed by atoms with van der Waals surface area (Å²) >= 11 is 0. The average molecular weight is 212 g/mol. The smallest absolute Gasteiger partial charge is 0.209 e. The van der Waals surface area contributed by atoms with E-state index in [-0.39, 0.29) is 11.1 Å². The van der Waals surface area contributed by atoms with Crippen molar-refractivity contribution in [3.63, 3.8) is 0 Å². The lowest BCUT2D eigenvalue weighted by Gasteiger charge is -2.54. The molecule has 0 aromatic carbocycles. The molecule has 0 aromatic rings. The van der Waals surface area contributed by atoms with Gasteiger partial charge in [0.1, 0.15) is 0 Å². The first kappa shape index (κ1) is 12.5. The summed E-state index contributed by atoms with van der Waals surface area (Å²) < 4.78 is 0. The van der Waals surface area contributed by atoms with Gasteiger partial charge in [-0.25, -0.2) is 0 Å². The molecule has 1 amide bonds. The molecule has 1 rings (SSSR count). The number of nitrogens with zero attached hydrogens (tertiary/aromatic N) is 2. The molecule has 1 aliphatic rings. The van der Waals surface area contributed by atoms with Gasteiger partial charge in [0.15, 0.2) is 0 Å². The van der Waals surface area contributed by atoms with Crippen molar-refractivity contribution in [1.82, 2.24) is 9.80 Å². The van der Waals surface area contributed by atoms with Gasteiger partial charge >= 0.3 is 0 Å². The monoisotopic (exact) mass is 212 g/mol. The number of hydrogen-bond donors (Lipinski definition) is 0. The highest BCUT2D eigenvalue weighted by molar-refractivity contribution is 5.47. The van der Waals surface area contributed by atoms with Crippen LogP contribution in [-0.2, 0) is 4.79 Å². The summed E-state index contributed by atoms with van der Waals surface area (Å²) in [5, 5.41) is 0. The maximum atomic E-state index is 10.8. The van der Waals surface area contributed by atoms with Gasteiger partial charge in [-0.3, -0.25) is 9.69 Å². The number of carbonyl (C=O) groups excluding carboxylic acids is 1. The second-order valence-corrected chi connectivity index (χ2v) is 6.02. The fourth-order valence-electron chi connectivity index (χ4n) is 2.69. The van der Waals surface area contributed by atoms with E-state index >= 15 is 0 Å². The number of piperidine rings is 1. The van der Waals surface area contributed by atoms with Crippen LogP contribution in [0.25, 0.3) is 0 Å². The van der Waals surface area contributed by atoms with Crippen LogP contribution >= 0.6 is 0 Å². The lowest BCUT2D eigenvalue weighted by molar-refractivity contribution is -0.123. The molecular weight excluding hydrogens is 188 g/mol. The average Bonchev–Trinajstić information content (AvgIpc) is 2.11. The topological polar surface area (TPSA) is 23.6 Å². The second kappa shape index (κ2) is 3.78. The largest absolute Gasteiger partial charge is 0.345 e. The van der Waals surface area contributed by atoms with E-state index in [9.17, 15) is 4.79 Å². The van der Waals surface area contributed by atoms with Crippen molar-refractivity contribution in [3.05, 3.63) is 0 Å². The van der Waals surface area contributed by atoms with Crippen molar-refractivity contribution in [2.75, 3.05) is 14.1 Å². The third-order valence-corrected chi connectivity index (χ3v) is 4.03. The SMILES string of the molecule is CN(C=O)C1CC(C)(C)N(C)C(C)(C)C1. The molecule has 88 valence electrons. The lowest BCUT2D eigenvalue weighted by Crippen LogP contribution is -2.62. The highest BCUT2D eigenvalue weighted by Crippen LogP contribution is 2.38. The zero-order valence-electron chi connectivity index (χ0n) is 10.9. The van der Waals surface area contributed by atoms with Crippen molar-refractivity contribution in [2.24, 2.45) is 0 Å². The van der Waals surface area contributed by atoms with Crippen molar-refractivity contribution in [1.29, 1.82) is 0 Å². The minimum atomic E-state index is 0.156. The third kappa shape index (κ3) is 2.33. The first-order valence-corrected chi connectivity index (χ1v) is 5.62. The molecule has 1 fully saturated rings. The Morgan fingerprint density at radius 1 is 1.20 bits per heavy atom. The molecule has 0 spiro atoms. The van der Waals surface area contributed by atoms with Gasteiger partial charge in [0.25, 0.3) is 0 Å². The lowest BCUT2D eigenvalue weighted by atomic mass is 9.77. The molecule has 0 saturated carbocycles. The van der Waals surface area contributed by atoms with Crippen molar-refractivity contribution < 1.29 is 4.79 Å². The van der Waals surface area contributed by atoms with Crippen LogP contribution < -0.4 is 0 Å². The maximum absolute atomic E-state index is 10.8. The summed E-state index contributed by atoms with van der Waals surface area (Å²) in [7, 11) is 4.06. The molecule has 0 aliphatic carbocycles. The third-order valence-electron chi connectivity index (χ3n) is 4.03. The van der Waals surface area contributed by atoms with Gasteiger partial charge in [0.05, 0.1) is 0 Å². The second-order valence-electron chi connectivity index (χ2n) is 6.02. The van der Waals surface area contributed by atoms with Crippen molar-refractivity contribution >= 4 is 6.41 Å². The molecule has 1 heterocycles. The summed E-state index contributed by atoms with van der Waals surface area (Å²) in [6, 6.07) is 0.365. The number of amides is 1. The quantitative estimate of drug-likeness (QED) is 0.651. The first-order valence-electron chi connectivity index (χ1n) is 5.62. The summed E-state index contributed by atoms with van der Waals surface area (Å²) in [5.41, 5.74) is 0.313. The van der Waals surface area contributed by atoms with Crippen molar-refractivity contribution in [3.8, 4) is 0 Å². The van der Waals surface area contributed by atoms with Crippen LogP contribution in [0.15, 0.2) is 0 Å². The van der Waals surface area contributed by atoms with Gasteiger partial charge in [-0.2, -0.15) is 0 Å². The van der Waals surface area contributed by atoms with Gasteiger partial charge in [0.2, 0.25) is 6.41 Å². The van der Waals surface area contributed by atoms with Crippen molar-refractivity contribution in [2.45, 2.75) is 57.7 Å². The Hall–Kier alpha value is -0.570. The zero-order valence-corrected chi connectivity index (χ0v) is 10.9. The molecule has 3 heteroatoms. The predicted molar refractivity (Wildman–Crippen MR) is 62.8 cm³/mol. The van der Waals surface area contributed by atoms with Gasteiger partial charge in [-0.15, -0.1) is 0 Å². The Morgan fingerprint density at radius 3 is 1.93 bits per heavy atom. The summed E-state index contributed by atoms with van der Waals surface area (Å²) in [6.07, 6.45) is 3.03. The molecule has 3 nitrogen and oxygen atoms in total. The van der Waals surface area contributed by atoms with Crippen LogP contribution in [0.3, 0.4) is 0 Å². The zero-order chi connectivity index (χ0) is 11.9. The van der Waals surface area contributed by atoms with Gasteiger partial charge in [0, 0.05) is 24.2 Å². The van der Waals surface area contributed by atoms with E-state index < -0.39 is 0 Å². The Balaban J connectivity index is 2.88. The maximum Gasteiger partial charge on any atom is 0.209 e. The van der Waals surface area contributed by atoms with Gasteiger partial charge in [-0.05, 0) is 47.6 Å². The Morgan fingerprint density at radius 2 is 1.60 bits per heavy atom. The van der Waals surface area contributed by atoms with E-state index in [1.54, 1.807) is 0 Å². The van der Waals surface area contributed by atoms with E-state index in [0.29, 0.717) is 6.04 Å². The van der Waals surface area contributed by atoms with E-state index in [0.717, 1.165) is 19.3 Å². The molecule has 1 aliphatic heterocycles. The molecule has 0 radical (unpaired) electrons. The first-order chi connectivity index (χ1) is 6.70.